The quantitative estimate of drug-likeness (QED) is 0.470. The molecule has 18 heavy (non-hydrogen) atoms. The highest BCUT2D eigenvalue weighted by atomic mass is 35.5. The van der Waals surface area contributed by atoms with Crippen LogP contribution < -0.4 is 4.74 Å². The standard InChI is InChI=1S/C13H15ClO4/c1-2-17-12(13(15)16)9-10-3-5-11(6-4-10)18-8-7-14/h3-6,9H,2,7-8H2,1H3,(H,15,16). The molecule has 0 aliphatic carbocycles. The zero-order chi connectivity index (χ0) is 13.4. The van der Waals surface area contributed by atoms with Crippen molar-refractivity contribution < 1.29 is 19.4 Å². The van der Waals surface area contributed by atoms with Crippen molar-refractivity contribution in [2.45, 2.75) is 6.92 Å². The molecule has 0 atom stereocenters. The zero-order valence-corrected chi connectivity index (χ0v) is 10.8. The maximum Gasteiger partial charge on any atom is 0.371 e. The molecule has 0 aliphatic rings. The zero-order valence-electron chi connectivity index (χ0n) is 10.1. The van der Waals surface area contributed by atoms with Crippen LogP contribution in [0.5, 0.6) is 5.75 Å². The van der Waals surface area contributed by atoms with Gasteiger partial charge in [-0.1, -0.05) is 12.1 Å². The second-order valence-electron chi connectivity index (χ2n) is 3.35. The number of alkyl halides is 1. The van der Waals surface area contributed by atoms with Gasteiger partial charge < -0.3 is 14.6 Å². The Morgan fingerprint density at radius 1 is 1.39 bits per heavy atom. The molecule has 0 bridgehead atoms. The van der Waals surface area contributed by atoms with E-state index in [1.165, 1.54) is 6.08 Å². The molecular weight excluding hydrogens is 256 g/mol. The summed E-state index contributed by atoms with van der Waals surface area (Å²) >= 11 is 5.50. The summed E-state index contributed by atoms with van der Waals surface area (Å²) in [5.41, 5.74) is 0.735. The van der Waals surface area contributed by atoms with Crippen molar-refractivity contribution in [3.63, 3.8) is 0 Å². The number of halogens is 1. The first-order valence-electron chi connectivity index (χ1n) is 5.54. The van der Waals surface area contributed by atoms with E-state index in [1.807, 2.05) is 0 Å². The third-order valence-corrected chi connectivity index (χ3v) is 2.19. The van der Waals surface area contributed by atoms with E-state index in [2.05, 4.69) is 0 Å². The minimum absolute atomic E-state index is 0.0769. The molecule has 0 fully saturated rings. The van der Waals surface area contributed by atoms with Gasteiger partial charge in [0.1, 0.15) is 12.4 Å². The van der Waals surface area contributed by atoms with E-state index < -0.39 is 5.97 Å². The van der Waals surface area contributed by atoms with Gasteiger partial charge in [0.15, 0.2) is 0 Å². The number of carboxylic acid groups (broad SMARTS) is 1. The van der Waals surface area contributed by atoms with E-state index >= 15 is 0 Å². The maximum absolute atomic E-state index is 10.9. The molecule has 0 saturated carbocycles. The average Bonchev–Trinajstić information content (AvgIpc) is 2.37. The lowest BCUT2D eigenvalue weighted by Gasteiger charge is -2.05. The molecule has 0 saturated heterocycles. The van der Waals surface area contributed by atoms with E-state index in [-0.39, 0.29) is 5.76 Å². The third-order valence-electron chi connectivity index (χ3n) is 2.03. The van der Waals surface area contributed by atoms with Gasteiger partial charge in [0.05, 0.1) is 12.5 Å². The molecule has 5 heteroatoms. The Bertz CT molecular complexity index is 412. The third kappa shape index (κ3) is 4.67. The van der Waals surface area contributed by atoms with Gasteiger partial charge in [-0.15, -0.1) is 11.6 Å². The highest BCUT2D eigenvalue weighted by molar-refractivity contribution is 6.18. The largest absolute Gasteiger partial charge is 0.492 e. The molecule has 0 heterocycles. The van der Waals surface area contributed by atoms with Crippen molar-refractivity contribution in [2.24, 2.45) is 0 Å². The number of hydrogen-bond acceptors (Lipinski definition) is 3. The molecule has 0 aromatic heterocycles. The molecule has 1 N–H and O–H groups in total. The topological polar surface area (TPSA) is 55.8 Å². The van der Waals surface area contributed by atoms with Crippen molar-refractivity contribution >= 4 is 23.6 Å². The summed E-state index contributed by atoms with van der Waals surface area (Å²) in [6, 6.07) is 7.02. The highest BCUT2D eigenvalue weighted by Crippen LogP contribution is 2.15. The van der Waals surface area contributed by atoms with Crippen LogP contribution in [0.25, 0.3) is 6.08 Å². The molecule has 0 radical (unpaired) electrons. The van der Waals surface area contributed by atoms with E-state index in [4.69, 9.17) is 26.2 Å². The van der Waals surface area contributed by atoms with Crippen LogP contribution in [0.3, 0.4) is 0 Å². The first-order valence-corrected chi connectivity index (χ1v) is 6.07. The number of benzene rings is 1. The summed E-state index contributed by atoms with van der Waals surface area (Å²) in [6.07, 6.45) is 1.47. The number of carbonyl (C=O) groups is 1. The minimum Gasteiger partial charge on any atom is -0.492 e. The van der Waals surface area contributed by atoms with Crippen LogP contribution in [0, 0.1) is 0 Å². The lowest BCUT2D eigenvalue weighted by Crippen LogP contribution is -2.04. The van der Waals surface area contributed by atoms with Gasteiger partial charge in [-0.3, -0.25) is 0 Å². The Kier molecular flexibility index (Phi) is 6.08. The van der Waals surface area contributed by atoms with Gasteiger partial charge in [0.25, 0.3) is 0 Å². The summed E-state index contributed by atoms with van der Waals surface area (Å²) in [6.45, 7) is 2.49. The van der Waals surface area contributed by atoms with Gasteiger partial charge in [0.2, 0.25) is 5.76 Å². The molecule has 1 aromatic rings. The van der Waals surface area contributed by atoms with Gasteiger partial charge in [-0.25, -0.2) is 4.79 Å². The highest BCUT2D eigenvalue weighted by Gasteiger charge is 2.07. The predicted molar refractivity (Wildman–Crippen MR) is 69.9 cm³/mol. The molecule has 1 rings (SSSR count). The van der Waals surface area contributed by atoms with Gasteiger partial charge in [-0.05, 0) is 30.7 Å². The molecule has 0 unspecified atom stereocenters. The van der Waals surface area contributed by atoms with Crippen LogP contribution in [0.1, 0.15) is 12.5 Å². The Morgan fingerprint density at radius 3 is 2.56 bits per heavy atom. The average molecular weight is 271 g/mol. The van der Waals surface area contributed by atoms with E-state index in [0.717, 1.165) is 5.56 Å². The second kappa shape index (κ2) is 7.61. The van der Waals surface area contributed by atoms with Crippen molar-refractivity contribution in [2.75, 3.05) is 19.1 Å². The number of hydrogen-bond donors (Lipinski definition) is 1. The van der Waals surface area contributed by atoms with E-state index in [9.17, 15) is 4.79 Å². The molecule has 0 amide bonds. The fourth-order valence-corrected chi connectivity index (χ4v) is 1.37. The van der Waals surface area contributed by atoms with Crippen molar-refractivity contribution in [1.82, 2.24) is 0 Å². The molecule has 98 valence electrons. The Labute approximate surface area is 111 Å². The number of aliphatic carboxylic acids is 1. The van der Waals surface area contributed by atoms with Gasteiger partial charge in [-0.2, -0.15) is 0 Å². The smallest absolute Gasteiger partial charge is 0.371 e. The predicted octanol–water partition coefficient (Wildman–Crippen LogP) is 2.77. The fourth-order valence-electron chi connectivity index (χ4n) is 1.29. The second-order valence-corrected chi connectivity index (χ2v) is 3.73. The Hall–Kier alpha value is -1.68. The van der Waals surface area contributed by atoms with Crippen LogP contribution in [0.4, 0.5) is 0 Å². The first kappa shape index (κ1) is 14.4. The van der Waals surface area contributed by atoms with Crippen molar-refractivity contribution in [1.29, 1.82) is 0 Å². The SMILES string of the molecule is CCOC(=Cc1ccc(OCCCl)cc1)C(=O)O. The number of rotatable bonds is 7. The lowest BCUT2D eigenvalue weighted by atomic mass is 10.2. The molecule has 4 nitrogen and oxygen atoms in total. The monoisotopic (exact) mass is 270 g/mol. The van der Waals surface area contributed by atoms with Crippen LogP contribution >= 0.6 is 11.6 Å². The first-order chi connectivity index (χ1) is 8.67. The normalized spacial score (nSPS) is 11.1. The van der Waals surface area contributed by atoms with Crippen LogP contribution in [-0.2, 0) is 9.53 Å². The van der Waals surface area contributed by atoms with Crippen LogP contribution in [0.2, 0.25) is 0 Å². The van der Waals surface area contributed by atoms with Crippen LogP contribution in [-0.4, -0.2) is 30.2 Å². The summed E-state index contributed by atoms with van der Waals surface area (Å²) in [5.74, 6) is -0.0397. The van der Waals surface area contributed by atoms with Gasteiger partial charge in [0, 0.05) is 0 Å². The summed E-state index contributed by atoms with van der Waals surface area (Å²) in [5, 5.41) is 8.90. The fraction of sp³-hybridized carbons (Fsp3) is 0.308. The minimum atomic E-state index is -1.08. The van der Waals surface area contributed by atoms with Crippen molar-refractivity contribution in [3.8, 4) is 5.75 Å². The van der Waals surface area contributed by atoms with E-state index in [1.54, 1.807) is 31.2 Å². The molecule has 0 spiro atoms. The number of ether oxygens (including phenoxy) is 2. The van der Waals surface area contributed by atoms with Crippen LogP contribution in [0.15, 0.2) is 30.0 Å². The van der Waals surface area contributed by atoms with E-state index in [0.29, 0.717) is 24.8 Å². The lowest BCUT2D eigenvalue weighted by molar-refractivity contribution is -0.136. The van der Waals surface area contributed by atoms with Crippen molar-refractivity contribution in [3.05, 3.63) is 35.6 Å². The summed E-state index contributed by atoms with van der Waals surface area (Å²) in [4.78, 5) is 10.9. The number of carboxylic acids is 1. The Balaban J connectivity index is 2.77. The summed E-state index contributed by atoms with van der Waals surface area (Å²) < 4.78 is 10.3. The molecule has 1 aromatic carbocycles. The molecular formula is C13H15ClO4. The maximum atomic E-state index is 10.9. The Morgan fingerprint density at radius 2 is 2.06 bits per heavy atom. The van der Waals surface area contributed by atoms with Gasteiger partial charge >= 0.3 is 5.97 Å². The summed E-state index contributed by atoms with van der Waals surface area (Å²) in [7, 11) is 0. The molecule has 0 aliphatic heterocycles.